The molecular formula is C17H21F3N4S. The van der Waals surface area contributed by atoms with Crippen molar-refractivity contribution < 1.29 is 13.2 Å². The monoisotopic (exact) mass is 370 g/mol. The van der Waals surface area contributed by atoms with Crippen LogP contribution in [0.3, 0.4) is 0 Å². The van der Waals surface area contributed by atoms with E-state index >= 15 is 0 Å². The van der Waals surface area contributed by atoms with Crippen molar-refractivity contribution in [3.8, 4) is 0 Å². The van der Waals surface area contributed by atoms with Crippen LogP contribution in [0.1, 0.15) is 28.8 Å². The summed E-state index contributed by atoms with van der Waals surface area (Å²) in [6.07, 6.45) is -3.53. The standard InChI is InChI=1S/C17H21F3N4S/c1-3-21-16(22-9-8-15-11-25-12(2)24-15)23-10-13-4-6-14(7-5-13)17(18,19)20/h4-7,11H,3,8-10H2,1-2H3,(H2,21,22,23). The lowest BCUT2D eigenvalue weighted by atomic mass is 10.1. The molecule has 136 valence electrons. The van der Waals surface area contributed by atoms with Crippen LogP contribution in [0, 0.1) is 6.92 Å². The first-order valence-corrected chi connectivity index (χ1v) is 8.85. The SMILES string of the molecule is CCNC(=NCc1ccc(C(F)(F)F)cc1)NCCc1csc(C)n1. The molecule has 0 bridgehead atoms. The van der Waals surface area contributed by atoms with Crippen molar-refractivity contribution in [2.45, 2.75) is 33.0 Å². The van der Waals surface area contributed by atoms with Crippen LogP contribution in [0.25, 0.3) is 0 Å². The van der Waals surface area contributed by atoms with Gasteiger partial charge < -0.3 is 10.6 Å². The van der Waals surface area contributed by atoms with Gasteiger partial charge in [-0.25, -0.2) is 9.98 Å². The summed E-state index contributed by atoms with van der Waals surface area (Å²) >= 11 is 1.62. The van der Waals surface area contributed by atoms with Crippen molar-refractivity contribution in [2.75, 3.05) is 13.1 Å². The number of aryl methyl sites for hydroxylation is 1. The number of rotatable bonds is 6. The third kappa shape index (κ3) is 6.38. The van der Waals surface area contributed by atoms with Crippen LogP contribution in [0.5, 0.6) is 0 Å². The molecule has 1 heterocycles. The first-order chi connectivity index (χ1) is 11.9. The van der Waals surface area contributed by atoms with Gasteiger partial charge in [0.1, 0.15) is 0 Å². The molecule has 0 saturated carbocycles. The van der Waals surface area contributed by atoms with E-state index in [1.807, 2.05) is 19.2 Å². The summed E-state index contributed by atoms with van der Waals surface area (Å²) < 4.78 is 37.7. The Hall–Kier alpha value is -2.09. The van der Waals surface area contributed by atoms with Gasteiger partial charge in [-0.15, -0.1) is 11.3 Å². The number of nitrogens with zero attached hydrogens (tertiary/aromatic N) is 2. The molecule has 2 rings (SSSR count). The topological polar surface area (TPSA) is 49.3 Å². The van der Waals surface area contributed by atoms with E-state index in [1.165, 1.54) is 12.1 Å². The first kappa shape index (κ1) is 19.2. The van der Waals surface area contributed by atoms with Crippen LogP contribution >= 0.6 is 11.3 Å². The quantitative estimate of drug-likeness (QED) is 0.601. The summed E-state index contributed by atoms with van der Waals surface area (Å²) in [5, 5.41) is 9.40. The van der Waals surface area contributed by atoms with Crippen molar-refractivity contribution >= 4 is 17.3 Å². The lowest BCUT2D eigenvalue weighted by molar-refractivity contribution is -0.137. The molecule has 0 fully saturated rings. The van der Waals surface area contributed by atoms with E-state index in [0.717, 1.165) is 34.8 Å². The molecule has 4 nitrogen and oxygen atoms in total. The third-order valence-electron chi connectivity index (χ3n) is 3.39. The van der Waals surface area contributed by atoms with Gasteiger partial charge in [-0.1, -0.05) is 12.1 Å². The second-order valence-electron chi connectivity index (χ2n) is 5.42. The van der Waals surface area contributed by atoms with Crippen LogP contribution < -0.4 is 10.6 Å². The van der Waals surface area contributed by atoms with Crippen LogP contribution in [0.2, 0.25) is 0 Å². The van der Waals surface area contributed by atoms with Crippen LogP contribution in [0.4, 0.5) is 13.2 Å². The Morgan fingerprint density at radius 1 is 1.20 bits per heavy atom. The molecule has 2 N–H and O–H groups in total. The van der Waals surface area contributed by atoms with Gasteiger partial charge in [0.25, 0.3) is 0 Å². The predicted octanol–water partition coefficient (Wildman–Crippen LogP) is 3.77. The maximum Gasteiger partial charge on any atom is 0.416 e. The van der Waals surface area contributed by atoms with Crippen molar-refractivity contribution in [1.29, 1.82) is 0 Å². The van der Waals surface area contributed by atoms with E-state index in [4.69, 9.17) is 0 Å². The Bertz CT molecular complexity index is 693. The largest absolute Gasteiger partial charge is 0.416 e. The molecular weight excluding hydrogens is 349 g/mol. The van der Waals surface area contributed by atoms with Crippen molar-refractivity contribution in [3.05, 3.63) is 51.5 Å². The molecule has 0 radical (unpaired) electrons. The highest BCUT2D eigenvalue weighted by molar-refractivity contribution is 7.09. The summed E-state index contributed by atoms with van der Waals surface area (Å²) in [4.78, 5) is 8.81. The van der Waals surface area contributed by atoms with Crippen molar-refractivity contribution in [3.63, 3.8) is 0 Å². The average molecular weight is 370 g/mol. The Kier molecular flexibility index (Phi) is 6.81. The number of nitrogens with one attached hydrogen (secondary N) is 2. The summed E-state index contributed by atoms with van der Waals surface area (Å²) in [6, 6.07) is 5.06. The number of guanidine groups is 1. The fourth-order valence-corrected chi connectivity index (χ4v) is 2.79. The highest BCUT2D eigenvalue weighted by Gasteiger charge is 2.29. The molecule has 2 aromatic rings. The van der Waals surface area contributed by atoms with E-state index in [0.29, 0.717) is 25.6 Å². The number of aliphatic imine (C=N–C) groups is 1. The lowest BCUT2D eigenvalue weighted by Crippen LogP contribution is -2.38. The Morgan fingerprint density at radius 3 is 2.48 bits per heavy atom. The zero-order chi connectivity index (χ0) is 18.3. The van der Waals surface area contributed by atoms with Gasteiger partial charge in [0.15, 0.2) is 5.96 Å². The highest BCUT2D eigenvalue weighted by Crippen LogP contribution is 2.29. The zero-order valence-electron chi connectivity index (χ0n) is 14.2. The smallest absolute Gasteiger partial charge is 0.357 e. The molecule has 0 spiro atoms. The Balaban J connectivity index is 1.90. The van der Waals surface area contributed by atoms with Gasteiger partial charge >= 0.3 is 6.18 Å². The van der Waals surface area contributed by atoms with Crippen molar-refractivity contribution in [1.82, 2.24) is 15.6 Å². The molecule has 0 amide bonds. The number of hydrogen-bond donors (Lipinski definition) is 2. The highest BCUT2D eigenvalue weighted by atomic mass is 32.1. The van der Waals surface area contributed by atoms with E-state index < -0.39 is 11.7 Å². The second kappa shape index (κ2) is 8.84. The molecule has 0 saturated heterocycles. The van der Waals surface area contributed by atoms with Crippen LogP contribution in [-0.4, -0.2) is 24.0 Å². The normalized spacial score (nSPS) is 12.3. The van der Waals surface area contributed by atoms with Gasteiger partial charge in [0.2, 0.25) is 0 Å². The first-order valence-electron chi connectivity index (χ1n) is 7.98. The summed E-state index contributed by atoms with van der Waals surface area (Å²) in [5.41, 5.74) is 1.11. The molecule has 0 aliphatic carbocycles. The van der Waals surface area contributed by atoms with E-state index in [9.17, 15) is 13.2 Å². The summed E-state index contributed by atoms with van der Waals surface area (Å²) in [6.45, 7) is 5.62. The van der Waals surface area contributed by atoms with Gasteiger partial charge in [0, 0.05) is 24.9 Å². The molecule has 0 unspecified atom stereocenters. The number of hydrogen-bond acceptors (Lipinski definition) is 3. The van der Waals surface area contributed by atoms with E-state index in [-0.39, 0.29) is 0 Å². The Morgan fingerprint density at radius 2 is 1.92 bits per heavy atom. The number of halogens is 3. The number of benzene rings is 1. The molecule has 8 heteroatoms. The van der Waals surface area contributed by atoms with Gasteiger partial charge in [-0.05, 0) is 31.5 Å². The fourth-order valence-electron chi connectivity index (χ4n) is 2.14. The molecule has 0 aliphatic rings. The number of thiazole rings is 1. The minimum Gasteiger partial charge on any atom is -0.357 e. The second-order valence-corrected chi connectivity index (χ2v) is 6.49. The number of aromatic nitrogens is 1. The average Bonchev–Trinajstić information content (AvgIpc) is 2.97. The number of alkyl halides is 3. The van der Waals surface area contributed by atoms with Gasteiger partial charge in [-0.3, -0.25) is 0 Å². The molecule has 0 atom stereocenters. The minimum absolute atomic E-state index is 0.309. The molecule has 1 aromatic heterocycles. The Labute approximate surface area is 149 Å². The van der Waals surface area contributed by atoms with Crippen molar-refractivity contribution in [2.24, 2.45) is 4.99 Å². The van der Waals surface area contributed by atoms with Crippen LogP contribution in [-0.2, 0) is 19.1 Å². The summed E-state index contributed by atoms with van der Waals surface area (Å²) in [7, 11) is 0. The summed E-state index contributed by atoms with van der Waals surface area (Å²) in [5.74, 6) is 0.634. The molecule has 25 heavy (non-hydrogen) atoms. The molecule has 1 aromatic carbocycles. The maximum absolute atomic E-state index is 12.6. The lowest BCUT2D eigenvalue weighted by Gasteiger charge is -2.11. The minimum atomic E-state index is -4.31. The predicted molar refractivity (Wildman–Crippen MR) is 94.8 cm³/mol. The fraction of sp³-hybridized carbons (Fsp3) is 0.412. The van der Waals surface area contributed by atoms with E-state index in [1.54, 1.807) is 11.3 Å². The van der Waals surface area contributed by atoms with Crippen LogP contribution in [0.15, 0.2) is 34.6 Å². The van der Waals surface area contributed by atoms with Gasteiger partial charge in [0.05, 0.1) is 22.8 Å². The third-order valence-corrected chi connectivity index (χ3v) is 4.21. The maximum atomic E-state index is 12.6. The molecule has 0 aliphatic heterocycles. The zero-order valence-corrected chi connectivity index (χ0v) is 15.0. The van der Waals surface area contributed by atoms with Gasteiger partial charge in [-0.2, -0.15) is 13.2 Å². The van der Waals surface area contributed by atoms with E-state index in [2.05, 4.69) is 20.6 Å².